The van der Waals surface area contributed by atoms with Gasteiger partial charge in [0.05, 0.1) is 22.1 Å². The van der Waals surface area contributed by atoms with Gasteiger partial charge in [0.1, 0.15) is 6.04 Å². The summed E-state index contributed by atoms with van der Waals surface area (Å²) in [6.07, 6.45) is 0.253. The van der Waals surface area contributed by atoms with Crippen LogP contribution in [0.3, 0.4) is 0 Å². The number of rotatable bonds is 8. The second-order valence-electron chi connectivity index (χ2n) is 5.69. The summed E-state index contributed by atoms with van der Waals surface area (Å²) in [5.41, 5.74) is -0.297. The Hall–Kier alpha value is -2.68. The van der Waals surface area contributed by atoms with Gasteiger partial charge in [0.25, 0.3) is 11.6 Å². The molecule has 0 saturated heterocycles. The van der Waals surface area contributed by atoms with E-state index >= 15 is 0 Å². The number of carboxylic acids is 1. The van der Waals surface area contributed by atoms with E-state index in [1.807, 2.05) is 13.8 Å². The summed E-state index contributed by atoms with van der Waals surface area (Å²) in [6, 6.07) is 2.27. The first-order valence-electron chi connectivity index (χ1n) is 7.36. The molecule has 0 saturated carbocycles. The van der Waals surface area contributed by atoms with Gasteiger partial charge in [-0.05, 0) is 18.4 Å². The zero-order valence-corrected chi connectivity index (χ0v) is 14.4. The Bertz CT molecular complexity index is 692. The van der Waals surface area contributed by atoms with Gasteiger partial charge in [0, 0.05) is 12.1 Å². The molecular weight excluding hydrogens is 354 g/mol. The number of amides is 2. The Morgan fingerprint density at radius 2 is 1.96 bits per heavy atom. The summed E-state index contributed by atoms with van der Waals surface area (Å²) in [5, 5.41) is 24.2. The molecule has 0 aromatic heterocycles. The third-order valence-electron chi connectivity index (χ3n) is 3.16. The average molecular weight is 372 g/mol. The lowest BCUT2D eigenvalue weighted by atomic mass is 10.0. The number of nitrogens with one attached hydrogen (secondary N) is 2. The normalized spacial score (nSPS) is 11.7. The first kappa shape index (κ1) is 20.4. The molecule has 1 atom stereocenters. The van der Waals surface area contributed by atoms with Crippen LogP contribution >= 0.6 is 11.6 Å². The van der Waals surface area contributed by atoms with Crippen LogP contribution in [-0.4, -0.2) is 40.4 Å². The number of nitro benzene ring substituents is 1. The number of hydrogen-bond acceptors (Lipinski definition) is 5. The van der Waals surface area contributed by atoms with Crippen LogP contribution in [0.2, 0.25) is 5.02 Å². The van der Waals surface area contributed by atoms with Crippen molar-refractivity contribution >= 4 is 35.1 Å². The molecule has 0 unspecified atom stereocenters. The summed E-state index contributed by atoms with van der Waals surface area (Å²) in [7, 11) is 0. The van der Waals surface area contributed by atoms with Crippen molar-refractivity contribution in [1.82, 2.24) is 10.6 Å². The molecule has 0 heterocycles. The number of nitro groups is 1. The maximum atomic E-state index is 12.0. The average Bonchev–Trinajstić information content (AvgIpc) is 2.51. The van der Waals surface area contributed by atoms with Gasteiger partial charge >= 0.3 is 5.97 Å². The van der Waals surface area contributed by atoms with E-state index < -0.39 is 35.3 Å². The van der Waals surface area contributed by atoms with Crippen molar-refractivity contribution in [2.24, 2.45) is 5.92 Å². The van der Waals surface area contributed by atoms with E-state index in [1.165, 1.54) is 6.07 Å². The summed E-state index contributed by atoms with van der Waals surface area (Å²) in [6.45, 7) is 3.19. The highest BCUT2D eigenvalue weighted by molar-refractivity contribution is 6.34. The fourth-order valence-electron chi connectivity index (χ4n) is 2.00. The van der Waals surface area contributed by atoms with Gasteiger partial charge in [-0.25, -0.2) is 4.79 Å². The lowest BCUT2D eigenvalue weighted by molar-refractivity contribution is -0.384. The van der Waals surface area contributed by atoms with Crippen LogP contribution in [0, 0.1) is 16.0 Å². The molecule has 3 N–H and O–H groups in total. The summed E-state index contributed by atoms with van der Waals surface area (Å²) in [5.74, 6) is -2.47. The Morgan fingerprint density at radius 1 is 1.32 bits per heavy atom. The van der Waals surface area contributed by atoms with Gasteiger partial charge in [-0.1, -0.05) is 25.4 Å². The van der Waals surface area contributed by atoms with Crippen LogP contribution < -0.4 is 10.6 Å². The molecule has 0 fully saturated rings. The smallest absolute Gasteiger partial charge is 0.326 e. The van der Waals surface area contributed by atoms with Crippen LogP contribution in [-0.2, 0) is 9.59 Å². The molecule has 0 aliphatic carbocycles. The van der Waals surface area contributed by atoms with E-state index in [9.17, 15) is 24.5 Å². The fraction of sp³-hybridized carbons (Fsp3) is 0.400. The number of hydrogen-bond donors (Lipinski definition) is 3. The van der Waals surface area contributed by atoms with Crippen LogP contribution in [0.15, 0.2) is 18.2 Å². The highest BCUT2D eigenvalue weighted by Gasteiger charge is 2.21. The molecule has 0 spiro atoms. The quantitative estimate of drug-likeness (QED) is 0.468. The third-order valence-corrected chi connectivity index (χ3v) is 3.47. The van der Waals surface area contributed by atoms with Crippen molar-refractivity contribution in [2.75, 3.05) is 6.54 Å². The standard InChI is InChI=1S/C15H18ClN3O6/c1-8(2)5-12(15(22)23)18-13(20)7-17-14(21)10-4-3-9(19(24)25)6-11(10)16/h3-4,6,8,12H,5,7H2,1-2H3,(H,17,21)(H,18,20)(H,22,23)/t12-/m0/s1. The van der Waals surface area contributed by atoms with E-state index in [4.69, 9.17) is 16.7 Å². The Labute approximate surface area is 148 Å². The minimum Gasteiger partial charge on any atom is -0.480 e. The molecule has 10 heteroatoms. The van der Waals surface area contributed by atoms with Crippen molar-refractivity contribution in [3.63, 3.8) is 0 Å². The second kappa shape index (κ2) is 8.97. The van der Waals surface area contributed by atoms with Crippen molar-refractivity contribution in [1.29, 1.82) is 0 Å². The van der Waals surface area contributed by atoms with Crippen molar-refractivity contribution in [3.05, 3.63) is 38.9 Å². The molecule has 1 aromatic rings. The number of carbonyl (C=O) groups excluding carboxylic acids is 2. The van der Waals surface area contributed by atoms with E-state index in [2.05, 4.69) is 10.6 Å². The van der Waals surface area contributed by atoms with Gasteiger partial charge in [-0.2, -0.15) is 0 Å². The van der Waals surface area contributed by atoms with E-state index in [0.717, 1.165) is 12.1 Å². The lowest BCUT2D eigenvalue weighted by Crippen LogP contribution is -2.46. The summed E-state index contributed by atoms with van der Waals surface area (Å²) >= 11 is 5.82. The first-order valence-corrected chi connectivity index (χ1v) is 7.74. The fourth-order valence-corrected chi connectivity index (χ4v) is 2.26. The highest BCUT2D eigenvalue weighted by Crippen LogP contribution is 2.22. The monoisotopic (exact) mass is 371 g/mol. The molecule has 1 aromatic carbocycles. The van der Waals surface area contributed by atoms with Gasteiger partial charge in [-0.15, -0.1) is 0 Å². The molecular formula is C15H18ClN3O6. The largest absolute Gasteiger partial charge is 0.480 e. The van der Waals surface area contributed by atoms with E-state index in [0.29, 0.717) is 0 Å². The maximum Gasteiger partial charge on any atom is 0.326 e. The van der Waals surface area contributed by atoms with Gasteiger partial charge in [0.15, 0.2) is 0 Å². The van der Waals surface area contributed by atoms with E-state index in [-0.39, 0.29) is 28.6 Å². The van der Waals surface area contributed by atoms with Crippen LogP contribution in [0.5, 0.6) is 0 Å². The van der Waals surface area contributed by atoms with Crippen molar-refractivity contribution in [2.45, 2.75) is 26.3 Å². The number of carbonyl (C=O) groups is 3. The topological polar surface area (TPSA) is 139 Å². The minimum absolute atomic E-state index is 0.0305. The van der Waals surface area contributed by atoms with Crippen LogP contribution in [0.4, 0.5) is 5.69 Å². The number of carboxylic acid groups (broad SMARTS) is 1. The number of aliphatic carboxylic acids is 1. The minimum atomic E-state index is -1.16. The molecule has 25 heavy (non-hydrogen) atoms. The number of halogens is 1. The molecule has 136 valence electrons. The predicted molar refractivity (Wildman–Crippen MR) is 89.5 cm³/mol. The molecule has 9 nitrogen and oxygen atoms in total. The zero-order valence-electron chi connectivity index (χ0n) is 13.6. The lowest BCUT2D eigenvalue weighted by Gasteiger charge is -2.16. The van der Waals surface area contributed by atoms with E-state index in [1.54, 1.807) is 0 Å². The molecule has 0 aliphatic heterocycles. The van der Waals surface area contributed by atoms with Crippen LogP contribution in [0.1, 0.15) is 30.6 Å². The SMILES string of the molecule is CC(C)C[C@H](NC(=O)CNC(=O)c1ccc([N+](=O)[O-])cc1Cl)C(=O)O. The summed E-state index contributed by atoms with van der Waals surface area (Å²) < 4.78 is 0. The predicted octanol–water partition coefficient (Wildman–Crippen LogP) is 1.59. The Balaban J connectivity index is 2.65. The van der Waals surface area contributed by atoms with Gasteiger partial charge in [-0.3, -0.25) is 19.7 Å². The highest BCUT2D eigenvalue weighted by atomic mass is 35.5. The molecule has 0 radical (unpaired) electrons. The summed E-state index contributed by atoms with van der Waals surface area (Å²) in [4.78, 5) is 44.8. The molecule has 1 rings (SSSR count). The number of nitrogens with zero attached hydrogens (tertiary/aromatic N) is 1. The number of non-ortho nitro benzene ring substituents is 1. The molecule has 0 aliphatic rings. The first-order chi connectivity index (χ1) is 11.6. The third kappa shape index (κ3) is 6.38. The Morgan fingerprint density at radius 3 is 2.44 bits per heavy atom. The maximum absolute atomic E-state index is 12.0. The Kier molecular flexibility index (Phi) is 7.31. The van der Waals surface area contributed by atoms with Gasteiger partial charge < -0.3 is 15.7 Å². The number of benzene rings is 1. The van der Waals surface area contributed by atoms with Gasteiger partial charge in [0.2, 0.25) is 5.91 Å². The molecule has 2 amide bonds. The van der Waals surface area contributed by atoms with Crippen molar-refractivity contribution in [3.8, 4) is 0 Å². The van der Waals surface area contributed by atoms with Crippen molar-refractivity contribution < 1.29 is 24.4 Å². The molecule has 0 bridgehead atoms. The van der Waals surface area contributed by atoms with Crippen LogP contribution in [0.25, 0.3) is 0 Å². The zero-order chi connectivity index (χ0) is 19.1. The second-order valence-corrected chi connectivity index (χ2v) is 6.10.